The average molecular weight is 225 g/mol. The summed E-state index contributed by atoms with van der Waals surface area (Å²) < 4.78 is 5.09. The number of primary amides is 1. The number of nitrogens with two attached hydrogens (primary N) is 1. The third-order valence-electron chi connectivity index (χ3n) is 2.67. The van der Waals surface area contributed by atoms with E-state index in [0.29, 0.717) is 12.3 Å². The van der Waals surface area contributed by atoms with E-state index in [9.17, 15) is 4.79 Å². The van der Waals surface area contributed by atoms with Gasteiger partial charge in [-0.25, -0.2) is 0 Å². The molecule has 0 aromatic carbocycles. The van der Waals surface area contributed by atoms with Crippen LogP contribution in [-0.4, -0.2) is 43.8 Å². The van der Waals surface area contributed by atoms with Crippen molar-refractivity contribution in [1.82, 2.24) is 10.2 Å². The van der Waals surface area contributed by atoms with Crippen molar-refractivity contribution in [2.75, 3.05) is 20.8 Å². The van der Waals surface area contributed by atoms with Crippen LogP contribution in [0.1, 0.15) is 6.92 Å². The Kier molecular flexibility index (Phi) is 4.52. The molecule has 0 radical (unpaired) electrons. The number of hydrogen-bond donors (Lipinski definition) is 2. The molecular weight excluding hydrogens is 206 g/mol. The summed E-state index contributed by atoms with van der Waals surface area (Å²) in [5.41, 5.74) is 5.65. The normalized spacial score (nSPS) is 21.5. The van der Waals surface area contributed by atoms with Gasteiger partial charge in [0.15, 0.2) is 0 Å². The van der Waals surface area contributed by atoms with Gasteiger partial charge in [-0.2, -0.15) is 0 Å². The first-order chi connectivity index (χ1) is 7.56. The van der Waals surface area contributed by atoms with Gasteiger partial charge >= 0.3 is 0 Å². The van der Waals surface area contributed by atoms with E-state index < -0.39 is 5.91 Å². The molecule has 0 fully saturated rings. The molecule has 0 bridgehead atoms. The van der Waals surface area contributed by atoms with Crippen molar-refractivity contribution in [2.24, 2.45) is 5.73 Å². The number of allylic oxidation sites excluding steroid dienone is 2. The number of rotatable bonds is 5. The van der Waals surface area contributed by atoms with E-state index in [1.165, 1.54) is 0 Å². The van der Waals surface area contributed by atoms with Crippen LogP contribution >= 0.6 is 0 Å². The standard InChI is InChI=1S/C11H19N3O2/c1-8(7-16-3)14(2)10-6-4-5-9(13-10)11(12)15/h4-6,8,10,13H,7H2,1-3H3,(H2,12,15)/t8-,10?/m0/s1. The molecule has 16 heavy (non-hydrogen) atoms. The van der Waals surface area contributed by atoms with Crippen molar-refractivity contribution in [3.05, 3.63) is 23.9 Å². The largest absolute Gasteiger partial charge is 0.383 e. The Labute approximate surface area is 95.9 Å². The minimum absolute atomic E-state index is 0.0300. The molecule has 0 aromatic heterocycles. The molecule has 0 aliphatic carbocycles. The number of methoxy groups -OCH3 is 1. The Morgan fingerprint density at radius 3 is 3.00 bits per heavy atom. The molecule has 0 spiro atoms. The van der Waals surface area contributed by atoms with Gasteiger partial charge in [-0.05, 0) is 26.1 Å². The summed E-state index contributed by atoms with van der Waals surface area (Å²) in [5, 5.41) is 3.06. The van der Waals surface area contributed by atoms with E-state index in [1.807, 2.05) is 19.2 Å². The highest BCUT2D eigenvalue weighted by Crippen LogP contribution is 2.08. The van der Waals surface area contributed by atoms with E-state index >= 15 is 0 Å². The Bertz CT molecular complexity index is 312. The number of likely N-dealkylation sites (N-methyl/N-ethyl adjacent to an activating group) is 1. The fourth-order valence-electron chi connectivity index (χ4n) is 1.54. The van der Waals surface area contributed by atoms with Gasteiger partial charge in [0, 0.05) is 13.2 Å². The number of ether oxygens (including phenoxy) is 1. The number of hydrogen-bond acceptors (Lipinski definition) is 4. The summed E-state index contributed by atoms with van der Waals surface area (Å²) >= 11 is 0. The minimum Gasteiger partial charge on any atom is -0.383 e. The summed E-state index contributed by atoms with van der Waals surface area (Å²) in [5.74, 6) is -0.442. The Hall–Kier alpha value is -1.33. The maximum absolute atomic E-state index is 11.0. The van der Waals surface area contributed by atoms with Gasteiger partial charge in [-0.3, -0.25) is 9.69 Å². The first-order valence-corrected chi connectivity index (χ1v) is 5.22. The fourth-order valence-corrected chi connectivity index (χ4v) is 1.54. The zero-order chi connectivity index (χ0) is 12.1. The van der Waals surface area contributed by atoms with Crippen molar-refractivity contribution in [2.45, 2.75) is 19.1 Å². The van der Waals surface area contributed by atoms with Crippen LogP contribution in [0.3, 0.4) is 0 Å². The molecule has 90 valence electrons. The summed E-state index contributed by atoms with van der Waals surface area (Å²) in [4.78, 5) is 13.1. The lowest BCUT2D eigenvalue weighted by molar-refractivity contribution is -0.115. The summed E-state index contributed by atoms with van der Waals surface area (Å²) in [6.45, 7) is 2.69. The number of nitrogens with zero attached hydrogens (tertiary/aromatic N) is 1. The Balaban J connectivity index is 2.60. The summed E-state index contributed by atoms with van der Waals surface area (Å²) in [7, 11) is 3.64. The van der Waals surface area contributed by atoms with Crippen LogP contribution in [0.4, 0.5) is 0 Å². The molecular formula is C11H19N3O2. The second-order valence-electron chi connectivity index (χ2n) is 3.89. The maximum atomic E-state index is 11.0. The monoisotopic (exact) mass is 225 g/mol. The van der Waals surface area contributed by atoms with Gasteiger partial charge < -0.3 is 15.8 Å². The van der Waals surface area contributed by atoms with E-state index in [1.54, 1.807) is 13.2 Å². The van der Waals surface area contributed by atoms with Crippen LogP contribution in [0.2, 0.25) is 0 Å². The molecule has 0 saturated heterocycles. The quantitative estimate of drug-likeness (QED) is 0.680. The first kappa shape index (κ1) is 12.7. The molecule has 1 aliphatic rings. The molecule has 0 aromatic rings. The lowest BCUT2D eigenvalue weighted by Crippen LogP contribution is -2.49. The van der Waals surface area contributed by atoms with E-state index in [0.717, 1.165) is 0 Å². The van der Waals surface area contributed by atoms with Crippen molar-refractivity contribution < 1.29 is 9.53 Å². The summed E-state index contributed by atoms with van der Waals surface area (Å²) in [6, 6.07) is 0.249. The number of amides is 1. The van der Waals surface area contributed by atoms with Gasteiger partial charge in [0.25, 0.3) is 5.91 Å². The second kappa shape index (κ2) is 5.67. The number of dihydropyridines is 1. The topological polar surface area (TPSA) is 67.6 Å². The molecule has 1 aliphatic heterocycles. The summed E-state index contributed by atoms with van der Waals surface area (Å²) in [6.07, 6.45) is 5.45. The van der Waals surface area contributed by atoms with E-state index in [4.69, 9.17) is 10.5 Å². The van der Waals surface area contributed by atoms with Crippen molar-refractivity contribution in [3.8, 4) is 0 Å². The number of carbonyl (C=O) groups excluding carboxylic acids is 1. The zero-order valence-electron chi connectivity index (χ0n) is 9.93. The molecule has 2 atom stereocenters. The van der Waals surface area contributed by atoms with Crippen molar-refractivity contribution in [1.29, 1.82) is 0 Å². The smallest absolute Gasteiger partial charge is 0.264 e. The zero-order valence-corrected chi connectivity index (χ0v) is 9.93. The van der Waals surface area contributed by atoms with Gasteiger partial charge in [0.1, 0.15) is 5.70 Å². The maximum Gasteiger partial charge on any atom is 0.264 e. The van der Waals surface area contributed by atoms with Gasteiger partial charge in [0.2, 0.25) is 0 Å². The molecule has 1 amide bonds. The molecule has 0 saturated carbocycles. The molecule has 1 heterocycles. The van der Waals surface area contributed by atoms with Gasteiger partial charge in [-0.15, -0.1) is 0 Å². The number of nitrogens with one attached hydrogen (secondary N) is 1. The van der Waals surface area contributed by atoms with Crippen LogP contribution in [0.5, 0.6) is 0 Å². The first-order valence-electron chi connectivity index (χ1n) is 5.22. The van der Waals surface area contributed by atoms with Gasteiger partial charge in [-0.1, -0.05) is 6.08 Å². The van der Waals surface area contributed by atoms with E-state index in [-0.39, 0.29) is 12.2 Å². The van der Waals surface area contributed by atoms with Crippen LogP contribution in [0, 0.1) is 0 Å². The minimum atomic E-state index is -0.442. The third kappa shape index (κ3) is 3.08. The third-order valence-corrected chi connectivity index (χ3v) is 2.67. The van der Waals surface area contributed by atoms with Crippen LogP contribution in [0.25, 0.3) is 0 Å². The molecule has 5 heteroatoms. The molecule has 5 nitrogen and oxygen atoms in total. The lowest BCUT2D eigenvalue weighted by atomic mass is 10.2. The predicted octanol–water partition coefficient (Wildman–Crippen LogP) is -0.192. The highest BCUT2D eigenvalue weighted by atomic mass is 16.5. The SMILES string of the molecule is COC[C@H](C)N(C)C1C=CC=C(C(N)=O)N1. The number of carbonyl (C=O) groups is 1. The van der Waals surface area contributed by atoms with Crippen LogP contribution < -0.4 is 11.1 Å². The molecule has 3 N–H and O–H groups in total. The van der Waals surface area contributed by atoms with Crippen molar-refractivity contribution in [3.63, 3.8) is 0 Å². The highest BCUT2D eigenvalue weighted by molar-refractivity contribution is 5.91. The fraction of sp³-hybridized carbons (Fsp3) is 0.545. The van der Waals surface area contributed by atoms with Crippen molar-refractivity contribution >= 4 is 5.91 Å². The molecule has 1 rings (SSSR count). The predicted molar refractivity (Wildman–Crippen MR) is 62.4 cm³/mol. The van der Waals surface area contributed by atoms with Gasteiger partial charge in [0.05, 0.1) is 12.8 Å². The highest BCUT2D eigenvalue weighted by Gasteiger charge is 2.20. The Morgan fingerprint density at radius 2 is 2.44 bits per heavy atom. The lowest BCUT2D eigenvalue weighted by Gasteiger charge is -2.33. The Morgan fingerprint density at radius 1 is 1.75 bits per heavy atom. The van der Waals surface area contributed by atoms with E-state index in [2.05, 4.69) is 17.1 Å². The van der Waals surface area contributed by atoms with Crippen LogP contribution in [0.15, 0.2) is 23.9 Å². The second-order valence-corrected chi connectivity index (χ2v) is 3.89. The molecule has 1 unspecified atom stereocenters. The average Bonchev–Trinajstić information content (AvgIpc) is 2.28. The van der Waals surface area contributed by atoms with Crippen LogP contribution in [-0.2, 0) is 9.53 Å².